The van der Waals surface area contributed by atoms with E-state index >= 15 is 0 Å². The molecule has 0 aromatic rings. The van der Waals surface area contributed by atoms with Crippen molar-refractivity contribution < 1.29 is 9.84 Å². The van der Waals surface area contributed by atoms with Crippen LogP contribution in [0.25, 0.3) is 0 Å². The van der Waals surface area contributed by atoms with Gasteiger partial charge < -0.3 is 20.1 Å². The highest BCUT2D eigenvalue weighted by Gasteiger charge is 2.27. The normalized spacial score (nSPS) is 29.6. The average Bonchev–Trinajstić information content (AvgIpc) is 3.05. The Hall–Kier alpha value is -0.0800. The topological polar surface area (TPSA) is 57.1 Å². The standard InChI is InChI=1S/C15H29N3O2.HI/c1-3-16-15(17-9-13-5-4-6-14(13)19)18-8-7-12(10-18)11-20-2;/h12-14,19H,3-11H2,1-2H3,(H,16,17);1H. The quantitative estimate of drug-likeness (QED) is 0.411. The van der Waals surface area contributed by atoms with Crippen molar-refractivity contribution in [2.75, 3.05) is 39.9 Å². The van der Waals surface area contributed by atoms with Crippen LogP contribution in [0.4, 0.5) is 0 Å². The highest BCUT2D eigenvalue weighted by molar-refractivity contribution is 14.0. The summed E-state index contributed by atoms with van der Waals surface area (Å²) in [5, 5.41) is 13.3. The van der Waals surface area contributed by atoms with Crippen LogP contribution < -0.4 is 5.32 Å². The molecule has 2 fully saturated rings. The lowest BCUT2D eigenvalue weighted by Gasteiger charge is -2.22. The van der Waals surface area contributed by atoms with Gasteiger partial charge in [-0.2, -0.15) is 0 Å². The van der Waals surface area contributed by atoms with Gasteiger partial charge in [0.1, 0.15) is 0 Å². The van der Waals surface area contributed by atoms with Gasteiger partial charge in [-0.05, 0) is 26.2 Å². The van der Waals surface area contributed by atoms with Crippen molar-refractivity contribution >= 4 is 29.9 Å². The van der Waals surface area contributed by atoms with E-state index in [2.05, 4.69) is 17.1 Å². The zero-order valence-electron chi connectivity index (χ0n) is 13.3. The van der Waals surface area contributed by atoms with E-state index in [1.54, 1.807) is 7.11 Å². The van der Waals surface area contributed by atoms with E-state index in [-0.39, 0.29) is 30.1 Å². The minimum atomic E-state index is -0.151. The summed E-state index contributed by atoms with van der Waals surface area (Å²) in [6.45, 7) is 6.63. The van der Waals surface area contributed by atoms with Crippen molar-refractivity contribution in [3.8, 4) is 0 Å². The van der Waals surface area contributed by atoms with Crippen molar-refractivity contribution in [3.05, 3.63) is 0 Å². The van der Waals surface area contributed by atoms with Crippen LogP contribution >= 0.6 is 24.0 Å². The number of nitrogens with zero attached hydrogens (tertiary/aromatic N) is 2. The molecular formula is C15H30IN3O2. The minimum Gasteiger partial charge on any atom is -0.393 e. The molecule has 1 saturated heterocycles. The third-order valence-electron chi connectivity index (χ3n) is 4.42. The van der Waals surface area contributed by atoms with Crippen molar-refractivity contribution in [2.45, 2.75) is 38.7 Å². The first-order valence-electron chi connectivity index (χ1n) is 7.94. The van der Waals surface area contributed by atoms with E-state index in [0.717, 1.165) is 58.0 Å². The van der Waals surface area contributed by atoms with E-state index in [1.165, 1.54) is 6.42 Å². The van der Waals surface area contributed by atoms with Crippen LogP contribution in [0.1, 0.15) is 32.6 Å². The first-order valence-corrected chi connectivity index (χ1v) is 7.94. The molecule has 0 amide bonds. The largest absolute Gasteiger partial charge is 0.393 e. The molecule has 2 rings (SSSR count). The lowest BCUT2D eigenvalue weighted by Crippen LogP contribution is -2.40. The van der Waals surface area contributed by atoms with Crippen LogP contribution in [-0.4, -0.2) is 62.0 Å². The fourth-order valence-corrected chi connectivity index (χ4v) is 3.26. The maximum atomic E-state index is 9.89. The van der Waals surface area contributed by atoms with Crippen molar-refractivity contribution in [1.29, 1.82) is 0 Å². The number of rotatable bonds is 5. The molecule has 0 aromatic carbocycles. The molecule has 0 bridgehead atoms. The summed E-state index contributed by atoms with van der Waals surface area (Å²) in [5.41, 5.74) is 0. The summed E-state index contributed by atoms with van der Waals surface area (Å²) in [5.74, 6) is 1.96. The van der Waals surface area contributed by atoms with E-state index < -0.39 is 0 Å². The number of likely N-dealkylation sites (tertiary alicyclic amines) is 1. The molecule has 3 atom stereocenters. The first-order chi connectivity index (χ1) is 9.74. The van der Waals surface area contributed by atoms with E-state index in [9.17, 15) is 5.11 Å². The molecule has 1 heterocycles. The molecule has 124 valence electrons. The number of halogens is 1. The number of aliphatic hydroxyl groups excluding tert-OH is 1. The molecule has 5 nitrogen and oxygen atoms in total. The van der Waals surface area contributed by atoms with Gasteiger partial charge in [-0.3, -0.25) is 4.99 Å². The zero-order valence-corrected chi connectivity index (χ0v) is 15.6. The fourth-order valence-electron chi connectivity index (χ4n) is 3.26. The molecule has 0 spiro atoms. The van der Waals surface area contributed by atoms with E-state index in [0.29, 0.717) is 11.8 Å². The Morgan fingerprint density at radius 1 is 1.38 bits per heavy atom. The van der Waals surface area contributed by atoms with E-state index in [4.69, 9.17) is 9.73 Å². The molecule has 1 saturated carbocycles. The molecule has 1 aliphatic heterocycles. The Morgan fingerprint density at radius 3 is 2.81 bits per heavy atom. The van der Waals surface area contributed by atoms with Gasteiger partial charge in [0.05, 0.1) is 12.7 Å². The average molecular weight is 411 g/mol. The fraction of sp³-hybridized carbons (Fsp3) is 0.933. The van der Waals surface area contributed by atoms with Crippen molar-refractivity contribution in [3.63, 3.8) is 0 Å². The van der Waals surface area contributed by atoms with Crippen LogP contribution in [0, 0.1) is 11.8 Å². The monoisotopic (exact) mass is 411 g/mol. The molecule has 0 aromatic heterocycles. The Balaban J connectivity index is 0.00000220. The van der Waals surface area contributed by atoms with Crippen LogP contribution in [0.2, 0.25) is 0 Å². The molecule has 6 heteroatoms. The summed E-state index contributed by atoms with van der Waals surface area (Å²) in [6.07, 6.45) is 4.20. The lowest BCUT2D eigenvalue weighted by molar-refractivity contribution is 0.136. The van der Waals surface area contributed by atoms with Crippen LogP contribution in [-0.2, 0) is 4.74 Å². The number of methoxy groups -OCH3 is 1. The zero-order chi connectivity index (χ0) is 14.4. The lowest BCUT2D eigenvalue weighted by atomic mass is 10.1. The number of hydrogen-bond donors (Lipinski definition) is 2. The number of aliphatic imine (C=N–C) groups is 1. The SMILES string of the molecule is CCNC(=NCC1CCCC1O)N1CCC(COC)C1.I. The van der Waals surface area contributed by atoms with Crippen molar-refractivity contribution in [1.82, 2.24) is 10.2 Å². The molecular weight excluding hydrogens is 381 g/mol. The summed E-state index contributed by atoms with van der Waals surface area (Å²) in [7, 11) is 1.77. The van der Waals surface area contributed by atoms with Gasteiger partial charge in [0.2, 0.25) is 0 Å². The Labute approximate surface area is 145 Å². The van der Waals surface area contributed by atoms with Gasteiger partial charge in [-0.1, -0.05) is 6.42 Å². The maximum Gasteiger partial charge on any atom is 0.193 e. The summed E-state index contributed by atoms with van der Waals surface area (Å²) >= 11 is 0. The molecule has 1 aliphatic carbocycles. The Morgan fingerprint density at radius 2 is 2.19 bits per heavy atom. The van der Waals surface area contributed by atoms with E-state index in [1.807, 2.05) is 0 Å². The summed E-state index contributed by atoms with van der Waals surface area (Å²) in [4.78, 5) is 7.08. The molecule has 3 unspecified atom stereocenters. The van der Waals surface area contributed by atoms with Gasteiger partial charge in [-0.15, -0.1) is 24.0 Å². The molecule has 0 radical (unpaired) electrons. The number of ether oxygens (including phenoxy) is 1. The second kappa shape index (κ2) is 9.84. The highest BCUT2D eigenvalue weighted by atomic mass is 127. The van der Waals surface area contributed by atoms with Gasteiger partial charge >= 0.3 is 0 Å². The third kappa shape index (κ3) is 5.56. The number of aliphatic hydroxyl groups is 1. The smallest absolute Gasteiger partial charge is 0.193 e. The van der Waals surface area contributed by atoms with Gasteiger partial charge in [0.25, 0.3) is 0 Å². The second-order valence-electron chi connectivity index (χ2n) is 6.01. The predicted octanol–water partition coefficient (Wildman–Crippen LogP) is 1.70. The van der Waals surface area contributed by atoms with Crippen LogP contribution in [0.5, 0.6) is 0 Å². The van der Waals surface area contributed by atoms with Gasteiger partial charge in [0.15, 0.2) is 5.96 Å². The summed E-state index contributed by atoms with van der Waals surface area (Å²) in [6, 6.07) is 0. The number of nitrogens with one attached hydrogen (secondary N) is 1. The Kier molecular flexibility index (Phi) is 8.89. The third-order valence-corrected chi connectivity index (χ3v) is 4.42. The highest BCUT2D eigenvalue weighted by Crippen LogP contribution is 2.25. The molecule has 2 N–H and O–H groups in total. The number of guanidine groups is 1. The minimum absolute atomic E-state index is 0. The Bertz CT molecular complexity index is 328. The van der Waals surface area contributed by atoms with Crippen molar-refractivity contribution in [2.24, 2.45) is 16.8 Å². The molecule has 2 aliphatic rings. The number of hydrogen-bond acceptors (Lipinski definition) is 3. The first kappa shape index (κ1) is 19.0. The maximum absolute atomic E-state index is 9.89. The van der Waals surface area contributed by atoms with Crippen LogP contribution in [0.3, 0.4) is 0 Å². The summed E-state index contributed by atoms with van der Waals surface area (Å²) < 4.78 is 5.25. The van der Waals surface area contributed by atoms with Gasteiger partial charge in [-0.25, -0.2) is 0 Å². The predicted molar refractivity (Wildman–Crippen MR) is 96.3 cm³/mol. The van der Waals surface area contributed by atoms with Crippen LogP contribution in [0.15, 0.2) is 4.99 Å². The van der Waals surface area contributed by atoms with Gasteiger partial charge in [0, 0.05) is 45.1 Å². The molecule has 21 heavy (non-hydrogen) atoms. The second-order valence-corrected chi connectivity index (χ2v) is 6.01.